The van der Waals surface area contributed by atoms with Crippen molar-refractivity contribution < 1.29 is 4.79 Å². The van der Waals surface area contributed by atoms with Crippen LogP contribution in [0.2, 0.25) is 0 Å². The fraction of sp³-hybridized carbons (Fsp3) is 0.500. The normalized spacial score (nSPS) is 18.6. The first-order valence-corrected chi connectivity index (χ1v) is 6.69. The molecule has 1 aromatic heterocycles. The van der Waals surface area contributed by atoms with Crippen LogP contribution in [-0.4, -0.2) is 29.2 Å². The van der Waals surface area contributed by atoms with Crippen molar-refractivity contribution in [3.63, 3.8) is 0 Å². The van der Waals surface area contributed by atoms with Gasteiger partial charge in [-0.15, -0.1) is 11.8 Å². The van der Waals surface area contributed by atoms with Crippen LogP contribution >= 0.6 is 11.8 Å². The van der Waals surface area contributed by atoms with Crippen LogP contribution in [0.3, 0.4) is 0 Å². The fourth-order valence-corrected chi connectivity index (χ4v) is 3.23. The second kappa shape index (κ2) is 5.06. The molecule has 0 saturated heterocycles. The van der Waals surface area contributed by atoms with Gasteiger partial charge in [0.05, 0.1) is 0 Å². The van der Waals surface area contributed by atoms with Gasteiger partial charge in [0, 0.05) is 23.0 Å². The van der Waals surface area contributed by atoms with E-state index in [9.17, 15) is 4.79 Å². The Bertz CT molecular complexity index is 394. The minimum Gasteiger partial charge on any atom is -0.368 e. The Balaban J connectivity index is 2.06. The third kappa shape index (κ3) is 2.61. The third-order valence-electron chi connectivity index (χ3n) is 3.28. The van der Waals surface area contributed by atoms with E-state index in [4.69, 9.17) is 5.73 Å². The van der Waals surface area contributed by atoms with Crippen molar-refractivity contribution in [2.75, 3.05) is 12.8 Å². The number of likely N-dealkylation sites (N-methyl/N-ethyl adjacent to an activating group) is 1. The Morgan fingerprint density at radius 3 is 2.71 bits per heavy atom. The van der Waals surface area contributed by atoms with Gasteiger partial charge in [-0.05, 0) is 37.9 Å². The molecule has 0 radical (unpaired) electrons. The highest BCUT2D eigenvalue weighted by Crippen LogP contribution is 2.42. The maximum absolute atomic E-state index is 11.7. The lowest BCUT2D eigenvalue weighted by Gasteiger charge is -2.30. The molecule has 1 amide bonds. The molecule has 4 nitrogen and oxygen atoms in total. The van der Waals surface area contributed by atoms with E-state index in [-0.39, 0.29) is 5.91 Å². The summed E-state index contributed by atoms with van der Waals surface area (Å²) in [5.74, 6) is 0.816. The monoisotopic (exact) mass is 251 g/mol. The van der Waals surface area contributed by atoms with Crippen molar-refractivity contribution in [3.05, 3.63) is 24.5 Å². The van der Waals surface area contributed by atoms with Crippen LogP contribution in [-0.2, 0) is 4.79 Å². The number of pyridine rings is 1. The first-order chi connectivity index (χ1) is 8.19. The van der Waals surface area contributed by atoms with Crippen LogP contribution in [0.5, 0.6) is 0 Å². The molecule has 1 saturated carbocycles. The number of amides is 1. The Hall–Kier alpha value is -1.07. The SMILES string of the molecule is CNC(CSc1ccncc1)(C(N)=O)C1CC1. The molecule has 2 rings (SSSR count). The van der Waals surface area contributed by atoms with Gasteiger partial charge in [0.2, 0.25) is 5.91 Å². The molecule has 17 heavy (non-hydrogen) atoms. The first kappa shape index (κ1) is 12.4. The summed E-state index contributed by atoms with van der Waals surface area (Å²) in [6, 6.07) is 3.89. The van der Waals surface area contributed by atoms with Gasteiger partial charge in [-0.1, -0.05) is 0 Å². The molecule has 1 aliphatic carbocycles. The molecule has 0 aromatic carbocycles. The van der Waals surface area contributed by atoms with Crippen molar-refractivity contribution in [2.45, 2.75) is 23.3 Å². The van der Waals surface area contributed by atoms with Gasteiger partial charge in [-0.25, -0.2) is 0 Å². The summed E-state index contributed by atoms with van der Waals surface area (Å²) in [6.45, 7) is 0. The number of hydrogen-bond acceptors (Lipinski definition) is 4. The summed E-state index contributed by atoms with van der Waals surface area (Å²) in [5.41, 5.74) is 5.00. The van der Waals surface area contributed by atoms with Gasteiger partial charge in [0.15, 0.2) is 0 Å². The largest absolute Gasteiger partial charge is 0.368 e. The minimum absolute atomic E-state index is 0.246. The number of nitrogens with zero attached hydrogens (tertiary/aromatic N) is 1. The molecule has 1 fully saturated rings. The van der Waals surface area contributed by atoms with Crippen LogP contribution in [0, 0.1) is 5.92 Å². The van der Waals surface area contributed by atoms with Gasteiger partial charge in [-0.3, -0.25) is 9.78 Å². The van der Waals surface area contributed by atoms with Crippen LogP contribution < -0.4 is 11.1 Å². The lowest BCUT2D eigenvalue weighted by Crippen LogP contribution is -2.57. The van der Waals surface area contributed by atoms with E-state index < -0.39 is 5.54 Å². The van der Waals surface area contributed by atoms with Crippen molar-refractivity contribution in [3.8, 4) is 0 Å². The first-order valence-electron chi connectivity index (χ1n) is 5.70. The average molecular weight is 251 g/mol. The molecule has 1 aliphatic rings. The second-order valence-electron chi connectivity index (χ2n) is 4.33. The van der Waals surface area contributed by atoms with Gasteiger partial charge in [-0.2, -0.15) is 0 Å². The van der Waals surface area contributed by atoms with Crippen molar-refractivity contribution >= 4 is 17.7 Å². The number of thioether (sulfide) groups is 1. The molecular formula is C12H17N3OS. The highest BCUT2D eigenvalue weighted by molar-refractivity contribution is 7.99. The van der Waals surface area contributed by atoms with E-state index in [0.29, 0.717) is 11.7 Å². The standard InChI is InChI=1S/C12H17N3OS/c1-14-12(11(13)16,9-2-3-9)8-17-10-4-6-15-7-5-10/h4-7,9,14H,2-3,8H2,1H3,(H2,13,16). The lowest BCUT2D eigenvalue weighted by molar-refractivity contribution is -0.124. The van der Waals surface area contributed by atoms with Crippen LogP contribution in [0.25, 0.3) is 0 Å². The zero-order valence-corrected chi connectivity index (χ0v) is 10.7. The minimum atomic E-state index is -0.562. The summed E-state index contributed by atoms with van der Waals surface area (Å²) < 4.78 is 0. The molecule has 0 spiro atoms. The maximum Gasteiger partial charge on any atom is 0.238 e. The molecule has 1 unspecified atom stereocenters. The third-order valence-corrected chi connectivity index (χ3v) is 4.48. The second-order valence-corrected chi connectivity index (χ2v) is 5.38. The van der Waals surface area contributed by atoms with E-state index in [1.165, 1.54) is 0 Å². The predicted molar refractivity (Wildman–Crippen MR) is 68.7 cm³/mol. The van der Waals surface area contributed by atoms with Crippen molar-refractivity contribution in [1.29, 1.82) is 0 Å². The summed E-state index contributed by atoms with van der Waals surface area (Å²) in [6.07, 6.45) is 5.68. The number of carbonyl (C=O) groups is 1. The zero-order chi connectivity index (χ0) is 12.3. The number of rotatable bonds is 6. The smallest absolute Gasteiger partial charge is 0.238 e. The van der Waals surface area contributed by atoms with Crippen molar-refractivity contribution in [1.82, 2.24) is 10.3 Å². The van der Waals surface area contributed by atoms with Gasteiger partial charge in [0.25, 0.3) is 0 Å². The van der Waals surface area contributed by atoms with Crippen LogP contribution in [0.4, 0.5) is 0 Å². The average Bonchev–Trinajstić information content (AvgIpc) is 3.16. The number of aromatic nitrogens is 1. The van der Waals surface area contributed by atoms with E-state index in [2.05, 4.69) is 10.3 Å². The molecule has 0 bridgehead atoms. The number of carbonyl (C=O) groups excluding carboxylic acids is 1. The van der Waals surface area contributed by atoms with Gasteiger partial charge in [0.1, 0.15) is 5.54 Å². The van der Waals surface area contributed by atoms with E-state index >= 15 is 0 Å². The molecular weight excluding hydrogens is 234 g/mol. The number of hydrogen-bond donors (Lipinski definition) is 2. The molecule has 1 heterocycles. The topological polar surface area (TPSA) is 68.0 Å². The van der Waals surface area contributed by atoms with E-state index in [1.807, 2.05) is 19.2 Å². The van der Waals surface area contributed by atoms with Gasteiger partial charge >= 0.3 is 0 Å². The highest BCUT2D eigenvalue weighted by Gasteiger charge is 2.48. The number of nitrogens with one attached hydrogen (secondary N) is 1. The molecule has 5 heteroatoms. The van der Waals surface area contributed by atoms with E-state index in [0.717, 1.165) is 17.7 Å². The summed E-state index contributed by atoms with van der Waals surface area (Å²) >= 11 is 1.65. The lowest BCUT2D eigenvalue weighted by atomic mass is 9.95. The summed E-state index contributed by atoms with van der Waals surface area (Å²) in [7, 11) is 1.82. The number of nitrogens with two attached hydrogens (primary N) is 1. The van der Waals surface area contributed by atoms with Crippen LogP contribution in [0.15, 0.2) is 29.4 Å². The van der Waals surface area contributed by atoms with Crippen molar-refractivity contribution in [2.24, 2.45) is 11.7 Å². The molecule has 3 N–H and O–H groups in total. The Morgan fingerprint density at radius 2 is 2.24 bits per heavy atom. The Kier molecular flexibility index (Phi) is 3.69. The zero-order valence-electron chi connectivity index (χ0n) is 9.85. The Labute approximate surface area is 105 Å². The van der Waals surface area contributed by atoms with E-state index in [1.54, 1.807) is 24.2 Å². The predicted octanol–water partition coefficient (Wildman–Crippen LogP) is 1.03. The number of primary amides is 1. The quantitative estimate of drug-likeness (QED) is 0.741. The molecule has 1 aromatic rings. The maximum atomic E-state index is 11.7. The summed E-state index contributed by atoms with van der Waals surface area (Å²) in [4.78, 5) is 16.8. The Morgan fingerprint density at radius 1 is 1.59 bits per heavy atom. The molecule has 92 valence electrons. The van der Waals surface area contributed by atoms with Gasteiger partial charge < -0.3 is 11.1 Å². The molecule has 0 aliphatic heterocycles. The van der Waals surface area contributed by atoms with Crippen LogP contribution in [0.1, 0.15) is 12.8 Å². The highest BCUT2D eigenvalue weighted by atomic mass is 32.2. The summed E-state index contributed by atoms with van der Waals surface area (Å²) in [5, 5.41) is 3.14. The molecule has 1 atom stereocenters. The fourth-order valence-electron chi connectivity index (χ4n) is 2.00.